The molecule has 0 bridgehead atoms. The van der Waals surface area contributed by atoms with Gasteiger partial charge in [0.1, 0.15) is 24.6 Å². The maximum absolute atomic E-state index is 11.5. The third kappa shape index (κ3) is 2.32. The number of fused-ring (bicyclic) bond motifs is 2. The third-order valence-electron chi connectivity index (χ3n) is 3.68. The van der Waals surface area contributed by atoms with Gasteiger partial charge in [0, 0.05) is 0 Å². The van der Waals surface area contributed by atoms with Crippen LogP contribution in [0.15, 0.2) is 6.33 Å². The second-order valence-electron chi connectivity index (χ2n) is 5.07. The van der Waals surface area contributed by atoms with Gasteiger partial charge in [-0.25, -0.2) is 19.5 Å². The van der Waals surface area contributed by atoms with Gasteiger partial charge >= 0.3 is 7.82 Å². The Morgan fingerprint density at radius 1 is 1.48 bits per heavy atom. The summed E-state index contributed by atoms with van der Waals surface area (Å²) >= 11 is 6.10. The molecular weight excluding hydrogens is 353 g/mol. The maximum atomic E-state index is 11.5. The number of aromatic nitrogens is 4. The number of aliphatic hydroxyl groups is 1. The van der Waals surface area contributed by atoms with Crippen LogP contribution in [-0.4, -0.2) is 54.4 Å². The second kappa shape index (κ2) is 5.08. The van der Waals surface area contributed by atoms with Gasteiger partial charge in [0.15, 0.2) is 23.2 Å². The van der Waals surface area contributed by atoms with E-state index in [0.717, 1.165) is 0 Å². The first kappa shape index (κ1) is 15.2. The molecular formula is C10H11ClN5O6P. The zero-order valence-electron chi connectivity index (χ0n) is 11.3. The number of aliphatic hydroxyl groups excluding tert-OH is 1. The van der Waals surface area contributed by atoms with Gasteiger partial charge in [-0.15, -0.1) is 0 Å². The number of phosphoric acid groups is 1. The van der Waals surface area contributed by atoms with Crippen molar-refractivity contribution in [2.24, 2.45) is 0 Å². The molecule has 2 aromatic rings. The highest BCUT2D eigenvalue weighted by Crippen LogP contribution is 2.52. The summed E-state index contributed by atoms with van der Waals surface area (Å²) in [6, 6.07) is 0. The molecule has 4 heterocycles. The van der Waals surface area contributed by atoms with Crippen LogP contribution in [0.4, 0.5) is 5.82 Å². The van der Waals surface area contributed by atoms with E-state index in [1.807, 2.05) is 0 Å². The fourth-order valence-corrected chi connectivity index (χ4v) is 3.90. The van der Waals surface area contributed by atoms with Gasteiger partial charge in [-0.05, 0) is 11.6 Å². The molecule has 2 aliphatic heterocycles. The summed E-state index contributed by atoms with van der Waals surface area (Å²) in [4.78, 5) is 21.3. The van der Waals surface area contributed by atoms with Crippen molar-refractivity contribution in [2.75, 3.05) is 12.3 Å². The van der Waals surface area contributed by atoms with Gasteiger partial charge in [-0.3, -0.25) is 13.6 Å². The first-order valence-corrected chi connectivity index (χ1v) is 8.38. The largest absolute Gasteiger partial charge is 0.472 e. The molecule has 0 aliphatic carbocycles. The highest BCUT2D eigenvalue weighted by molar-refractivity contribution is 7.47. The van der Waals surface area contributed by atoms with E-state index < -0.39 is 32.4 Å². The second-order valence-corrected chi connectivity index (χ2v) is 6.82. The zero-order chi connectivity index (χ0) is 16.4. The number of imidazole rings is 1. The first-order valence-electron chi connectivity index (χ1n) is 6.50. The van der Waals surface area contributed by atoms with Crippen molar-refractivity contribution >= 4 is 36.4 Å². The lowest BCUT2D eigenvalue weighted by Gasteiger charge is -2.27. The monoisotopic (exact) mass is 363 g/mol. The van der Waals surface area contributed by atoms with Gasteiger partial charge in [0.2, 0.25) is 5.28 Å². The number of rotatable bonds is 1. The summed E-state index contributed by atoms with van der Waals surface area (Å²) < 4.78 is 28.0. The molecule has 0 spiro atoms. The minimum Gasteiger partial charge on any atom is -0.386 e. The van der Waals surface area contributed by atoms with Crippen molar-refractivity contribution in [3.63, 3.8) is 0 Å². The molecule has 0 amide bonds. The quantitative estimate of drug-likeness (QED) is 0.459. The summed E-state index contributed by atoms with van der Waals surface area (Å²) in [5.41, 5.74) is 6.24. The Morgan fingerprint density at radius 2 is 2.26 bits per heavy atom. The third-order valence-corrected chi connectivity index (χ3v) is 4.93. The Labute approximate surface area is 133 Å². The highest BCUT2D eigenvalue weighted by Gasteiger charge is 2.53. The van der Waals surface area contributed by atoms with Crippen LogP contribution in [0.5, 0.6) is 0 Å². The Kier molecular flexibility index (Phi) is 3.36. The predicted octanol–water partition coefficient (Wildman–Crippen LogP) is -0.164. The minimum atomic E-state index is -4.21. The number of nitrogen functional groups attached to an aromatic ring is 1. The van der Waals surface area contributed by atoms with E-state index in [4.69, 9.17) is 26.6 Å². The summed E-state index contributed by atoms with van der Waals surface area (Å²) in [6.07, 6.45) is -2.87. The Balaban J connectivity index is 1.76. The molecule has 2 saturated heterocycles. The molecule has 0 saturated carbocycles. The van der Waals surface area contributed by atoms with E-state index in [1.165, 1.54) is 10.9 Å². The van der Waals surface area contributed by atoms with E-state index in [2.05, 4.69) is 19.5 Å². The zero-order valence-corrected chi connectivity index (χ0v) is 13.0. The molecule has 11 nitrogen and oxygen atoms in total. The van der Waals surface area contributed by atoms with E-state index in [1.54, 1.807) is 0 Å². The number of halogens is 1. The lowest BCUT2D eigenvalue weighted by Crippen LogP contribution is -2.39. The van der Waals surface area contributed by atoms with Gasteiger partial charge in [0.25, 0.3) is 0 Å². The van der Waals surface area contributed by atoms with E-state index >= 15 is 0 Å². The molecule has 2 fully saturated rings. The van der Waals surface area contributed by atoms with Crippen LogP contribution in [0.25, 0.3) is 11.2 Å². The van der Waals surface area contributed by atoms with Crippen LogP contribution in [0.3, 0.4) is 0 Å². The van der Waals surface area contributed by atoms with Gasteiger partial charge in [-0.1, -0.05) is 0 Å². The van der Waals surface area contributed by atoms with Gasteiger partial charge in [-0.2, -0.15) is 0 Å². The van der Waals surface area contributed by atoms with Crippen LogP contribution in [0.2, 0.25) is 5.28 Å². The standard InChI is InChI=1S/C10H11ClN5O6P/c11-10-15-4-7(12)13-2-14-8(4)16(10)9-5(17)6-3(21-9)1-20-23(18,19)22-6/h2-3,5-6,9,17H,1H2,(H,18,19)(H2,12,13,14)/t3-,5?,6+,9?/m1/s1. The molecule has 0 radical (unpaired) electrons. The van der Waals surface area contributed by atoms with Crippen LogP contribution in [0, 0.1) is 0 Å². The Hall–Kier alpha value is -1.33. The molecule has 4 rings (SSSR count). The normalized spacial score (nSPS) is 37.2. The van der Waals surface area contributed by atoms with Crippen molar-refractivity contribution in [3.8, 4) is 0 Å². The fourth-order valence-electron chi connectivity index (χ4n) is 2.67. The van der Waals surface area contributed by atoms with Gasteiger partial charge in [0.05, 0.1) is 6.61 Å². The average molecular weight is 364 g/mol. The van der Waals surface area contributed by atoms with Crippen LogP contribution in [-0.2, 0) is 18.3 Å². The van der Waals surface area contributed by atoms with Crippen molar-refractivity contribution in [1.82, 2.24) is 19.5 Å². The Bertz CT molecular complexity index is 831. The van der Waals surface area contributed by atoms with Crippen molar-refractivity contribution in [1.29, 1.82) is 0 Å². The molecule has 23 heavy (non-hydrogen) atoms. The van der Waals surface area contributed by atoms with Crippen LogP contribution in [0.1, 0.15) is 6.23 Å². The molecule has 2 aromatic heterocycles. The molecule has 5 atom stereocenters. The number of anilines is 1. The number of nitrogens with zero attached hydrogens (tertiary/aromatic N) is 4. The van der Waals surface area contributed by atoms with E-state index in [-0.39, 0.29) is 28.9 Å². The first-order chi connectivity index (χ1) is 10.9. The Morgan fingerprint density at radius 3 is 3.04 bits per heavy atom. The number of ether oxygens (including phenoxy) is 1. The van der Waals surface area contributed by atoms with Crippen molar-refractivity contribution in [3.05, 3.63) is 11.6 Å². The SMILES string of the molecule is Nc1ncnc2c1nc(Cl)n2C1O[C@@H]2COP(=O)(O)O[C@@H]2C1O. The van der Waals surface area contributed by atoms with E-state index in [0.29, 0.717) is 0 Å². The number of phosphoric ester groups is 1. The fraction of sp³-hybridized carbons (Fsp3) is 0.500. The summed E-state index contributed by atoms with van der Waals surface area (Å²) in [5, 5.41) is 10.4. The molecule has 124 valence electrons. The number of nitrogens with two attached hydrogens (primary N) is 1. The number of hydrogen-bond acceptors (Lipinski definition) is 9. The van der Waals surface area contributed by atoms with Crippen LogP contribution < -0.4 is 5.73 Å². The minimum absolute atomic E-state index is 0.0250. The highest BCUT2D eigenvalue weighted by atomic mass is 35.5. The predicted molar refractivity (Wildman–Crippen MR) is 75.3 cm³/mol. The summed E-state index contributed by atoms with van der Waals surface area (Å²) in [5.74, 6) is 0.125. The number of hydrogen-bond donors (Lipinski definition) is 3. The van der Waals surface area contributed by atoms with Gasteiger partial charge < -0.3 is 20.5 Å². The molecule has 3 unspecified atom stereocenters. The topological polar surface area (TPSA) is 155 Å². The molecule has 2 aliphatic rings. The van der Waals surface area contributed by atoms with Crippen LogP contribution >= 0.6 is 19.4 Å². The van der Waals surface area contributed by atoms with Crippen molar-refractivity contribution < 1.29 is 28.3 Å². The summed E-state index contributed by atoms with van der Waals surface area (Å²) in [6.45, 7) is -0.201. The summed E-state index contributed by atoms with van der Waals surface area (Å²) in [7, 11) is -4.21. The lowest BCUT2D eigenvalue weighted by molar-refractivity contribution is -0.0663. The van der Waals surface area contributed by atoms with Crippen molar-refractivity contribution in [2.45, 2.75) is 24.5 Å². The lowest BCUT2D eigenvalue weighted by atomic mass is 10.1. The molecule has 13 heteroatoms. The molecule has 4 N–H and O–H groups in total. The smallest absolute Gasteiger partial charge is 0.386 e. The van der Waals surface area contributed by atoms with E-state index in [9.17, 15) is 14.6 Å². The molecule has 0 aromatic carbocycles. The average Bonchev–Trinajstić information content (AvgIpc) is 2.97. The maximum Gasteiger partial charge on any atom is 0.472 e.